The van der Waals surface area contributed by atoms with Crippen molar-refractivity contribution in [2.75, 3.05) is 31.1 Å². The van der Waals surface area contributed by atoms with Gasteiger partial charge in [0.1, 0.15) is 0 Å². The molecule has 0 atom stereocenters. The van der Waals surface area contributed by atoms with E-state index in [1.165, 1.54) is 12.1 Å². The minimum Gasteiger partial charge on any atom is -0.402 e. The van der Waals surface area contributed by atoms with Gasteiger partial charge in [-0.2, -0.15) is 0 Å². The average molecular weight is 457 g/mol. The number of halogens is 1. The van der Waals surface area contributed by atoms with Crippen molar-refractivity contribution in [3.05, 3.63) is 80.6 Å². The van der Waals surface area contributed by atoms with Crippen molar-refractivity contribution >= 4 is 39.2 Å². The highest BCUT2D eigenvalue weighted by Gasteiger charge is 2.27. The van der Waals surface area contributed by atoms with E-state index < -0.39 is 10.9 Å². The van der Waals surface area contributed by atoms with Crippen LogP contribution < -0.4 is 4.90 Å². The lowest BCUT2D eigenvalue weighted by molar-refractivity contribution is -0.384. The van der Waals surface area contributed by atoms with E-state index in [1.54, 1.807) is 18.3 Å². The highest BCUT2D eigenvalue weighted by molar-refractivity contribution is 9.10. The number of piperazine rings is 1. The van der Waals surface area contributed by atoms with Crippen LogP contribution in [-0.2, 0) is 9.53 Å². The number of nitro groups is 1. The molecule has 2 aromatic carbocycles. The number of non-ortho nitro benzene ring substituents is 1. The van der Waals surface area contributed by atoms with Crippen LogP contribution in [0.2, 0.25) is 0 Å². The molecule has 1 fully saturated rings. The van der Waals surface area contributed by atoms with Crippen molar-refractivity contribution < 1.29 is 14.5 Å². The fourth-order valence-electron chi connectivity index (χ4n) is 3.22. The molecular weight excluding hydrogens is 440 g/mol. The largest absolute Gasteiger partial charge is 0.402 e. The highest BCUT2D eigenvalue weighted by Crippen LogP contribution is 2.24. The number of esters is 1. The van der Waals surface area contributed by atoms with E-state index in [9.17, 15) is 14.9 Å². The van der Waals surface area contributed by atoms with Gasteiger partial charge in [0.05, 0.1) is 10.5 Å². The third kappa shape index (κ3) is 4.14. The summed E-state index contributed by atoms with van der Waals surface area (Å²) in [6.45, 7) is 2.87. The van der Waals surface area contributed by atoms with Gasteiger partial charge in [0.15, 0.2) is 5.70 Å². The third-order valence-electron chi connectivity index (χ3n) is 4.77. The zero-order valence-corrected chi connectivity index (χ0v) is 16.9. The molecule has 9 heteroatoms. The standard InChI is InChI=1S/C20H17BrN4O4/c21-17-4-2-1-3-16(17)19-22-18(20(26)29-19)13-23-9-11-24(12-10-23)14-5-7-15(8-6-14)25(27)28/h1-8,13H,9-12H2/b18-13-. The van der Waals surface area contributed by atoms with Crippen molar-refractivity contribution in [3.63, 3.8) is 0 Å². The summed E-state index contributed by atoms with van der Waals surface area (Å²) in [6, 6.07) is 14.0. The van der Waals surface area contributed by atoms with Gasteiger partial charge >= 0.3 is 5.97 Å². The van der Waals surface area contributed by atoms with Crippen molar-refractivity contribution in [1.82, 2.24) is 4.90 Å². The van der Waals surface area contributed by atoms with Crippen molar-refractivity contribution in [2.45, 2.75) is 0 Å². The summed E-state index contributed by atoms with van der Waals surface area (Å²) in [5.41, 5.74) is 2.03. The fraction of sp³-hybridized carbons (Fsp3) is 0.200. The number of benzene rings is 2. The Morgan fingerprint density at radius 2 is 1.76 bits per heavy atom. The first-order chi connectivity index (χ1) is 14.0. The van der Waals surface area contributed by atoms with E-state index in [1.807, 2.05) is 29.2 Å². The molecule has 0 amide bonds. The summed E-state index contributed by atoms with van der Waals surface area (Å²) in [5.74, 6) is -0.174. The molecule has 0 radical (unpaired) electrons. The molecule has 0 saturated carbocycles. The Balaban J connectivity index is 1.42. The molecule has 0 N–H and O–H groups in total. The fourth-order valence-corrected chi connectivity index (χ4v) is 3.67. The van der Waals surface area contributed by atoms with Crippen LogP contribution in [0.4, 0.5) is 11.4 Å². The molecule has 2 aliphatic heterocycles. The molecule has 29 heavy (non-hydrogen) atoms. The average Bonchev–Trinajstić information content (AvgIpc) is 3.09. The molecule has 2 aromatic rings. The smallest absolute Gasteiger partial charge is 0.365 e. The maximum absolute atomic E-state index is 12.2. The summed E-state index contributed by atoms with van der Waals surface area (Å²) in [5, 5.41) is 10.8. The molecule has 0 spiro atoms. The maximum Gasteiger partial charge on any atom is 0.365 e. The van der Waals surface area contributed by atoms with Gasteiger partial charge < -0.3 is 14.5 Å². The minimum absolute atomic E-state index is 0.0792. The monoisotopic (exact) mass is 456 g/mol. The van der Waals surface area contributed by atoms with E-state index in [0.717, 1.165) is 28.8 Å². The number of anilines is 1. The molecule has 148 valence electrons. The SMILES string of the molecule is O=C1OC(c2ccccc2Br)=N/C1=C\N1CCN(c2ccc([N+](=O)[O-])cc2)CC1. The van der Waals surface area contributed by atoms with Crippen molar-refractivity contribution in [1.29, 1.82) is 0 Å². The normalized spacial score (nSPS) is 18.0. The Hall–Kier alpha value is -3.20. The lowest BCUT2D eigenvalue weighted by atomic mass is 10.2. The van der Waals surface area contributed by atoms with Crippen LogP contribution in [0.3, 0.4) is 0 Å². The minimum atomic E-state index is -0.464. The van der Waals surface area contributed by atoms with Gasteiger partial charge in [0, 0.05) is 54.7 Å². The van der Waals surface area contributed by atoms with E-state index in [4.69, 9.17) is 4.74 Å². The molecule has 2 heterocycles. The van der Waals surface area contributed by atoms with Gasteiger partial charge in [0.25, 0.3) is 5.69 Å². The molecule has 4 rings (SSSR count). The molecule has 0 bridgehead atoms. The summed E-state index contributed by atoms with van der Waals surface area (Å²) in [6.07, 6.45) is 1.74. The quantitative estimate of drug-likeness (QED) is 0.303. The predicted molar refractivity (Wildman–Crippen MR) is 112 cm³/mol. The predicted octanol–water partition coefficient (Wildman–Crippen LogP) is 3.32. The van der Waals surface area contributed by atoms with E-state index >= 15 is 0 Å². The first-order valence-corrected chi connectivity index (χ1v) is 9.81. The Morgan fingerprint density at radius 3 is 2.41 bits per heavy atom. The first kappa shape index (κ1) is 19.1. The van der Waals surface area contributed by atoms with Crippen molar-refractivity contribution in [2.24, 2.45) is 4.99 Å². The number of carbonyl (C=O) groups excluding carboxylic acids is 1. The molecule has 1 saturated heterocycles. The lowest BCUT2D eigenvalue weighted by Gasteiger charge is -2.35. The molecule has 0 unspecified atom stereocenters. The zero-order chi connectivity index (χ0) is 20.4. The topological polar surface area (TPSA) is 88.3 Å². The molecule has 0 aliphatic carbocycles. The van der Waals surface area contributed by atoms with Gasteiger partial charge in [-0.25, -0.2) is 9.79 Å². The number of nitro benzene ring substituents is 1. The lowest BCUT2D eigenvalue weighted by Crippen LogP contribution is -2.44. The second-order valence-corrected chi connectivity index (χ2v) is 7.45. The summed E-state index contributed by atoms with van der Waals surface area (Å²) in [4.78, 5) is 31.1. The number of rotatable bonds is 4. The van der Waals surface area contributed by atoms with Crippen LogP contribution in [0, 0.1) is 10.1 Å². The summed E-state index contributed by atoms with van der Waals surface area (Å²) >= 11 is 3.44. The molecule has 2 aliphatic rings. The number of cyclic esters (lactones) is 1. The van der Waals surface area contributed by atoms with Gasteiger partial charge in [-0.3, -0.25) is 10.1 Å². The molecular formula is C20H17BrN4O4. The number of ether oxygens (including phenoxy) is 1. The van der Waals surface area contributed by atoms with Gasteiger partial charge in [-0.15, -0.1) is 0 Å². The van der Waals surface area contributed by atoms with E-state index in [2.05, 4.69) is 25.8 Å². The second-order valence-electron chi connectivity index (χ2n) is 6.60. The van der Waals surface area contributed by atoms with Gasteiger partial charge in [-0.1, -0.05) is 12.1 Å². The number of aliphatic imine (C=N–C) groups is 1. The van der Waals surface area contributed by atoms with Crippen LogP contribution in [0.15, 0.2) is 69.9 Å². The van der Waals surface area contributed by atoms with Crippen LogP contribution in [-0.4, -0.2) is 47.9 Å². The highest BCUT2D eigenvalue weighted by atomic mass is 79.9. The Bertz CT molecular complexity index is 1010. The third-order valence-corrected chi connectivity index (χ3v) is 5.46. The number of hydrogen-bond donors (Lipinski definition) is 0. The maximum atomic E-state index is 12.2. The number of hydrogen-bond acceptors (Lipinski definition) is 7. The Labute approximate surface area is 175 Å². The van der Waals surface area contributed by atoms with E-state index in [0.29, 0.717) is 19.0 Å². The first-order valence-electron chi connectivity index (χ1n) is 9.02. The van der Waals surface area contributed by atoms with Gasteiger partial charge in [0.2, 0.25) is 5.90 Å². The Morgan fingerprint density at radius 1 is 1.07 bits per heavy atom. The zero-order valence-electron chi connectivity index (χ0n) is 15.3. The summed E-state index contributed by atoms with van der Waals surface area (Å²) < 4.78 is 6.13. The van der Waals surface area contributed by atoms with Crippen LogP contribution in [0.5, 0.6) is 0 Å². The van der Waals surface area contributed by atoms with Crippen LogP contribution in [0.25, 0.3) is 0 Å². The van der Waals surface area contributed by atoms with Crippen LogP contribution >= 0.6 is 15.9 Å². The summed E-state index contributed by atoms with van der Waals surface area (Å²) in [7, 11) is 0. The molecule has 8 nitrogen and oxygen atoms in total. The van der Waals surface area contributed by atoms with Crippen molar-refractivity contribution in [3.8, 4) is 0 Å². The number of carbonyl (C=O) groups is 1. The van der Waals surface area contributed by atoms with Gasteiger partial charge in [-0.05, 0) is 40.2 Å². The Kier molecular flexibility index (Phi) is 5.30. The molecule has 0 aromatic heterocycles. The number of nitrogens with zero attached hydrogens (tertiary/aromatic N) is 4. The second kappa shape index (κ2) is 8.04. The van der Waals surface area contributed by atoms with E-state index in [-0.39, 0.29) is 11.4 Å². The van der Waals surface area contributed by atoms with Crippen LogP contribution in [0.1, 0.15) is 5.56 Å².